The zero-order valence-electron chi connectivity index (χ0n) is 11.0. The van der Waals surface area contributed by atoms with Gasteiger partial charge < -0.3 is 25.3 Å². The van der Waals surface area contributed by atoms with Crippen LogP contribution in [0.2, 0.25) is 0 Å². The number of nitrogens with two attached hydrogens (primary N) is 1. The Morgan fingerprint density at radius 2 is 1.85 bits per heavy atom. The van der Waals surface area contributed by atoms with Crippen molar-refractivity contribution >= 4 is 11.4 Å². The van der Waals surface area contributed by atoms with Gasteiger partial charge in [-0.25, -0.2) is 0 Å². The molecule has 1 aliphatic rings. The summed E-state index contributed by atoms with van der Waals surface area (Å²) in [7, 11) is 0. The number of ether oxygens (including phenoxy) is 3. The van der Waals surface area contributed by atoms with E-state index in [2.05, 4.69) is 5.32 Å². The van der Waals surface area contributed by atoms with Gasteiger partial charge in [-0.15, -0.1) is 0 Å². The lowest BCUT2D eigenvalue weighted by molar-refractivity contribution is 0.174. The maximum Gasteiger partial charge on any atom is 0.231 e. The van der Waals surface area contributed by atoms with Gasteiger partial charge in [0.25, 0.3) is 0 Å². The Kier molecular flexibility index (Phi) is 3.50. The Morgan fingerprint density at radius 3 is 2.70 bits per heavy atom. The van der Waals surface area contributed by atoms with Gasteiger partial charge in [-0.3, -0.25) is 0 Å². The predicted octanol–water partition coefficient (Wildman–Crippen LogP) is 2.49. The first-order valence-electron chi connectivity index (χ1n) is 6.43. The number of nitrogen functional groups attached to an aromatic ring is 1. The monoisotopic (exact) mass is 272 g/mol. The van der Waals surface area contributed by atoms with E-state index in [0.717, 1.165) is 28.6 Å². The fraction of sp³-hybridized carbons (Fsp3) is 0.200. The Bertz CT molecular complexity index is 584. The van der Waals surface area contributed by atoms with Crippen LogP contribution in [0, 0.1) is 0 Å². The lowest BCUT2D eigenvalue weighted by atomic mass is 10.3. The van der Waals surface area contributed by atoms with Crippen LogP contribution < -0.4 is 25.3 Å². The molecule has 5 nitrogen and oxygen atoms in total. The van der Waals surface area contributed by atoms with Gasteiger partial charge >= 0.3 is 0 Å². The van der Waals surface area contributed by atoms with Crippen molar-refractivity contribution in [2.75, 3.05) is 31.0 Å². The van der Waals surface area contributed by atoms with E-state index in [0.29, 0.717) is 19.9 Å². The molecule has 104 valence electrons. The summed E-state index contributed by atoms with van der Waals surface area (Å²) in [6.07, 6.45) is 0. The summed E-state index contributed by atoms with van der Waals surface area (Å²) < 4.78 is 16.2. The Labute approximate surface area is 117 Å². The maximum atomic E-state index is 5.61. The van der Waals surface area contributed by atoms with Gasteiger partial charge in [0.05, 0.1) is 0 Å². The largest absolute Gasteiger partial charge is 0.492 e. The van der Waals surface area contributed by atoms with Crippen molar-refractivity contribution in [1.29, 1.82) is 0 Å². The highest BCUT2D eigenvalue weighted by Gasteiger charge is 2.12. The van der Waals surface area contributed by atoms with E-state index in [4.69, 9.17) is 19.9 Å². The fourth-order valence-electron chi connectivity index (χ4n) is 1.93. The molecule has 0 saturated heterocycles. The van der Waals surface area contributed by atoms with Crippen molar-refractivity contribution in [3.05, 3.63) is 42.5 Å². The Hall–Kier alpha value is -2.56. The summed E-state index contributed by atoms with van der Waals surface area (Å²) in [5.41, 5.74) is 7.33. The molecule has 20 heavy (non-hydrogen) atoms. The summed E-state index contributed by atoms with van der Waals surface area (Å²) in [6.45, 7) is 1.56. The molecule has 0 aromatic heterocycles. The van der Waals surface area contributed by atoms with Crippen LogP contribution in [0.1, 0.15) is 0 Å². The highest BCUT2D eigenvalue weighted by atomic mass is 16.7. The normalized spacial score (nSPS) is 12.2. The SMILES string of the molecule is Nc1ccc(OCCNc2ccc3c(c2)OCO3)cc1. The third-order valence-corrected chi connectivity index (χ3v) is 2.95. The molecule has 0 bridgehead atoms. The number of fused-ring (bicyclic) bond motifs is 1. The average Bonchev–Trinajstić information content (AvgIpc) is 2.93. The molecule has 2 aromatic rings. The molecule has 3 rings (SSSR count). The molecule has 2 aromatic carbocycles. The second-order valence-corrected chi connectivity index (χ2v) is 4.41. The lowest BCUT2D eigenvalue weighted by Crippen LogP contribution is -2.11. The molecule has 0 amide bonds. The molecular weight excluding hydrogens is 256 g/mol. The minimum absolute atomic E-state index is 0.291. The number of benzene rings is 2. The molecule has 0 atom stereocenters. The zero-order valence-corrected chi connectivity index (χ0v) is 11.0. The molecule has 0 saturated carbocycles. The molecule has 0 unspecified atom stereocenters. The van der Waals surface area contributed by atoms with Crippen LogP contribution in [0.3, 0.4) is 0 Å². The predicted molar refractivity (Wildman–Crippen MR) is 77.4 cm³/mol. The van der Waals surface area contributed by atoms with Crippen molar-refractivity contribution < 1.29 is 14.2 Å². The molecule has 3 N–H and O–H groups in total. The van der Waals surface area contributed by atoms with Gasteiger partial charge in [-0.2, -0.15) is 0 Å². The van der Waals surface area contributed by atoms with Crippen molar-refractivity contribution in [2.24, 2.45) is 0 Å². The summed E-state index contributed by atoms with van der Waals surface area (Å²) in [5, 5.41) is 3.27. The van der Waals surface area contributed by atoms with Gasteiger partial charge in [-0.05, 0) is 36.4 Å². The van der Waals surface area contributed by atoms with E-state index in [-0.39, 0.29) is 0 Å². The first-order valence-corrected chi connectivity index (χ1v) is 6.43. The van der Waals surface area contributed by atoms with E-state index < -0.39 is 0 Å². The molecule has 0 fully saturated rings. The number of rotatable bonds is 5. The van der Waals surface area contributed by atoms with Gasteiger partial charge in [0, 0.05) is 24.0 Å². The van der Waals surface area contributed by atoms with Crippen molar-refractivity contribution in [3.63, 3.8) is 0 Å². The van der Waals surface area contributed by atoms with Crippen molar-refractivity contribution in [2.45, 2.75) is 0 Å². The topological polar surface area (TPSA) is 65.7 Å². The van der Waals surface area contributed by atoms with Crippen LogP contribution >= 0.6 is 0 Å². The zero-order chi connectivity index (χ0) is 13.8. The first kappa shape index (κ1) is 12.5. The Balaban J connectivity index is 1.47. The third-order valence-electron chi connectivity index (χ3n) is 2.95. The number of hydrogen-bond donors (Lipinski definition) is 2. The highest BCUT2D eigenvalue weighted by molar-refractivity contribution is 5.55. The van der Waals surface area contributed by atoms with Gasteiger partial charge in [0.15, 0.2) is 11.5 Å². The minimum atomic E-state index is 0.291. The summed E-state index contributed by atoms with van der Waals surface area (Å²) >= 11 is 0. The van der Waals surface area contributed by atoms with Gasteiger partial charge in [0.1, 0.15) is 12.4 Å². The Morgan fingerprint density at radius 1 is 1.05 bits per heavy atom. The van der Waals surface area contributed by atoms with Gasteiger partial charge in [0.2, 0.25) is 6.79 Å². The van der Waals surface area contributed by atoms with Gasteiger partial charge in [-0.1, -0.05) is 0 Å². The van der Waals surface area contributed by atoms with E-state index >= 15 is 0 Å². The second kappa shape index (κ2) is 5.61. The maximum absolute atomic E-state index is 5.61. The third kappa shape index (κ3) is 2.88. The summed E-state index contributed by atoms with van der Waals surface area (Å²) in [6, 6.07) is 13.1. The van der Waals surface area contributed by atoms with Crippen LogP contribution in [-0.4, -0.2) is 19.9 Å². The average molecular weight is 272 g/mol. The summed E-state index contributed by atoms with van der Waals surface area (Å²) in [5.74, 6) is 2.37. The molecule has 0 radical (unpaired) electrons. The molecule has 1 aliphatic heterocycles. The quantitative estimate of drug-likeness (QED) is 0.646. The highest BCUT2D eigenvalue weighted by Crippen LogP contribution is 2.34. The first-order chi connectivity index (χ1) is 9.81. The van der Waals surface area contributed by atoms with Crippen LogP contribution in [0.4, 0.5) is 11.4 Å². The molecule has 0 spiro atoms. The van der Waals surface area contributed by atoms with E-state index in [1.54, 1.807) is 0 Å². The van der Waals surface area contributed by atoms with E-state index in [9.17, 15) is 0 Å². The van der Waals surface area contributed by atoms with Crippen LogP contribution in [-0.2, 0) is 0 Å². The second-order valence-electron chi connectivity index (χ2n) is 4.41. The number of hydrogen-bond acceptors (Lipinski definition) is 5. The molecule has 5 heteroatoms. The van der Waals surface area contributed by atoms with Crippen molar-refractivity contribution in [1.82, 2.24) is 0 Å². The molecule has 1 heterocycles. The van der Waals surface area contributed by atoms with Crippen molar-refractivity contribution in [3.8, 4) is 17.2 Å². The lowest BCUT2D eigenvalue weighted by Gasteiger charge is -2.09. The minimum Gasteiger partial charge on any atom is -0.492 e. The van der Waals surface area contributed by atoms with E-state index in [1.807, 2.05) is 42.5 Å². The summed E-state index contributed by atoms with van der Waals surface area (Å²) in [4.78, 5) is 0. The number of anilines is 2. The number of nitrogens with one attached hydrogen (secondary N) is 1. The fourth-order valence-corrected chi connectivity index (χ4v) is 1.93. The van der Waals surface area contributed by atoms with Crippen LogP contribution in [0.25, 0.3) is 0 Å². The smallest absolute Gasteiger partial charge is 0.231 e. The van der Waals surface area contributed by atoms with E-state index in [1.165, 1.54) is 0 Å². The molecular formula is C15H16N2O3. The van der Waals surface area contributed by atoms with Crippen LogP contribution in [0.15, 0.2) is 42.5 Å². The molecule has 0 aliphatic carbocycles. The van der Waals surface area contributed by atoms with Crippen LogP contribution in [0.5, 0.6) is 17.2 Å². The standard InChI is InChI=1S/C15H16N2O3/c16-11-1-4-13(5-2-11)18-8-7-17-12-3-6-14-15(9-12)20-10-19-14/h1-6,9,17H,7-8,10,16H2.